The van der Waals surface area contributed by atoms with Crippen molar-refractivity contribution in [1.29, 1.82) is 0 Å². The molecule has 0 unspecified atom stereocenters. The molecule has 0 saturated heterocycles. The number of rotatable bonds is 2. The summed E-state index contributed by atoms with van der Waals surface area (Å²) in [5.74, 6) is -0.553. The van der Waals surface area contributed by atoms with Gasteiger partial charge in [-0.15, -0.1) is 5.32 Å². The second kappa shape index (κ2) is 5.01. The van der Waals surface area contributed by atoms with Gasteiger partial charge in [0, 0.05) is 6.92 Å². The highest BCUT2D eigenvalue weighted by atomic mass is 16.5. The van der Waals surface area contributed by atoms with E-state index in [2.05, 4.69) is 5.32 Å². The van der Waals surface area contributed by atoms with Crippen molar-refractivity contribution in [2.24, 2.45) is 0 Å². The maximum absolute atomic E-state index is 10.8. The second-order valence-corrected chi connectivity index (χ2v) is 2.67. The molecule has 0 aliphatic rings. The summed E-state index contributed by atoms with van der Waals surface area (Å²) in [7, 11) is 0. The minimum absolute atomic E-state index is 0.135. The van der Waals surface area contributed by atoms with Crippen molar-refractivity contribution < 1.29 is 14.3 Å². The largest absolute Gasteiger partial charge is 0.443 e. The maximum Gasteiger partial charge on any atom is 0.437 e. The fraction of sp³-hybridized carbons (Fsp3) is 0.200. The summed E-state index contributed by atoms with van der Waals surface area (Å²) in [5, 5.41) is 3.09. The van der Waals surface area contributed by atoms with E-state index in [1.807, 2.05) is 30.3 Å². The Morgan fingerprint density at radius 3 is 2.50 bits per heavy atom. The summed E-state index contributed by atoms with van der Waals surface area (Å²) in [6.45, 7) is 1.33. The van der Waals surface area contributed by atoms with E-state index in [-0.39, 0.29) is 6.61 Å². The van der Waals surface area contributed by atoms with Crippen molar-refractivity contribution in [2.75, 3.05) is 0 Å². The Kier molecular flexibility index (Phi) is 3.67. The van der Waals surface area contributed by atoms with Crippen LogP contribution in [-0.4, -0.2) is 12.0 Å². The minimum Gasteiger partial charge on any atom is -0.443 e. The van der Waals surface area contributed by atoms with Gasteiger partial charge in [-0.3, -0.25) is 4.79 Å². The van der Waals surface area contributed by atoms with Crippen LogP contribution in [0.3, 0.4) is 0 Å². The van der Waals surface area contributed by atoms with Gasteiger partial charge in [0.25, 0.3) is 0 Å². The molecule has 0 fully saturated rings. The number of carbonyl (C=O) groups excluding carboxylic acids is 2. The van der Waals surface area contributed by atoms with Gasteiger partial charge < -0.3 is 4.74 Å². The molecule has 0 aliphatic heterocycles. The Balaban J connectivity index is 2.34. The van der Waals surface area contributed by atoms with Crippen LogP contribution >= 0.6 is 0 Å². The SMILES string of the molecule is CC(=O)[N]C(=O)OCc1ccccc1. The zero-order valence-electron chi connectivity index (χ0n) is 7.77. The first-order chi connectivity index (χ1) is 6.68. The molecule has 0 aliphatic carbocycles. The quantitative estimate of drug-likeness (QED) is 0.713. The number of amides is 2. The van der Waals surface area contributed by atoms with Gasteiger partial charge in [-0.2, -0.15) is 0 Å². The summed E-state index contributed by atoms with van der Waals surface area (Å²) in [5.41, 5.74) is 0.861. The zero-order chi connectivity index (χ0) is 10.4. The minimum atomic E-state index is -0.846. The van der Waals surface area contributed by atoms with Crippen LogP contribution in [0.2, 0.25) is 0 Å². The number of nitrogens with zero attached hydrogens (tertiary/aromatic N) is 1. The predicted octanol–water partition coefficient (Wildman–Crippen LogP) is 1.47. The Bertz CT molecular complexity index is 321. The summed E-state index contributed by atoms with van der Waals surface area (Å²) in [6.07, 6.45) is -0.846. The standard InChI is InChI=1S/C10H10NO3/c1-8(12)11-10(13)14-7-9-5-3-2-4-6-9/h2-6H,7H2,1H3. The normalized spacial score (nSPS) is 9.21. The highest BCUT2D eigenvalue weighted by Gasteiger charge is 2.06. The third-order valence-electron chi connectivity index (χ3n) is 1.45. The molecular weight excluding hydrogens is 182 g/mol. The molecule has 14 heavy (non-hydrogen) atoms. The molecule has 1 aromatic rings. The molecule has 0 N–H and O–H groups in total. The lowest BCUT2D eigenvalue weighted by Crippen LogP contribution is -2.21. The number of carbonyl (C=O) groups is 2. The van der Waals surface area contributed by atoms with E-state index in [9.17, 15) is 9.59 Å². The molecule has 1 rings (SSSR count). The van der Waals surface area contributed by atoms with E-state index < -0.39 is 12.0 Å². The topological polar surface area (TPSA) is 57.5 Å². The molecule has 73 valence electrons. The van der Waals surface area contributed by atoms with Gasteiger partial charge in [-0.1, -0.05) is 30.3 Å². The average molecular weight is 192 g/mol. The fourth-order valence-corrected chi connectivity index (χ4v) is 0.880. The van der Waals surface area contributed by atoms with E-state index >= 15 is 0 Å². The number of hydrogen-bond acceptors (Lipinski definition) is 3. The van der Waals surface area contributed by atoms with Gasteiger partial charge in [0.15, 0.2) is 0 Å². The third-order valence-corrected chi connectivity index (χ3v) is 1.45. The van der Waals surface area contributed by atoms with Gasteiger partial charge in [-0.25, -0.2) is 4.79 Å². The van der Waals surface area contributed by atoms with Gasteiger partial charge in [0.1, 0.15) is 6.61 Å². The fourth-order valence-electron chi connectivity index (χ4n) is 0.880. The first-order valence-corrected chi connectivity index (χ1v) is 4.11. The van der Waals surface area contributed by atoms with E-state index in [0.717, 1.165) is 5.56 Å². The van der Waals surface area contributed by atoms with Crippen molar-refractivity contribution in [2.45, 2.75) is 13.5 Å². The van der Waals surface area contributed by atoms with Gasteiger partial charge in [-0.05, 0) is 5.56 Å². The highest BCUT2D eigenvalue weighted by molar-refractivity contribution is 5.89. The maximum atomic E-state index is 10.8. The first kappa shape index (κ1) is 10.2. The third kappa shape index (κ3) is 3.71. The molecule has 0 bridgehead atoms. The van der Waals surface area contributed by atoms with Crippen LogP contribution in [0.25, 0.3) is 0 Å². The lowest BCUT2D eigenvalue weighted by atomic mass is 10.2. The molecule has 1 radical (unpaired) electrons. The number of hydrogen-bond donors (Lipinski definition) is 0. The molecule has 0 spiro atoms. The van der Waals surface area contributed by atoms with Crippen LogP contribution in [-0.2, 0) is 16.1 Å². The van der Waals surface area contributed by atoms with Gasteiger partial charge in [0.2, 0.25) is 5.91 Å². The summed E-state index contributed by atoms with van der Waals surface area (Å²) >= 11 is 0. The van der Waals surface area contributed by atoms with Crippen molar-refractivity contribution in [3.05, 3.63) is 35.9 Å². The molecule has 0 atom stereocenters. The van der Waals surface area contributed by atoms with Crippen LogP contribution in [0.15, 0.2) is 30.3 Å². The molecule has 2 amide bonds. The molecule has 1 aromatic carbocycles. The predicted molar refractivity (Wildman–Crippen MR) is 49.4 cm³/mol. The van der Waals surface area contributed by atoms with E-state index in [1.54, 1.807) is 0 Å². The highest BCUT2D eigenvalue weighted by Crippen LogP contribution is 2.00. The lowest BCUT2D eigenvalue weighted by molar-refractivity contribution is -0.118. The zero-order valence-corrected chi connectivity index (χ0v) is 7.77. The van der Waals surface area contributed by atoms with Crippen molar-refractivity contribution >= 4 is 12.0 Å². The Morgan fingerprint density at radius 2 is 1.93 bits per heavy atom. The molecular formula is C10H10NO3. The summed E-state index contributed by atoms with van der Waals surface area (Å²) in [4.78, 5) is 21.2. The average Bonchev–Trinajstić information content (AvgIpc) is 2.15. The van der Waals surface area contributed by atoms with E-state index in [1.165, 1.54) is 6.92 Å². The smallest absolute Gasteiger partial charge is 0.437 e. The van der Waals surface area contributed by atoms with Crippen molar-refractivity contribution in [3.63, 3.8) is 0 Å². The Hall–Kier alpha value is -1.84. The van der Waals surface area contributed by atoms with Crippen LogP contribution < -0.4 is 5.32 Å². The first-order valence-electron chi connectivity index (χ1n) is 4.11. The summed E-state index contributed by atoms with van der Waals surface area (Å²) in [6, 6.07) is 9.18. The lowest BCUT2D eigenvalue weighted by Gasteiger charge is -2.01. The Morgan fingerprint density at radius 1 is 1.29 bits per heavy atom. The summed E-state index contributed by atoms with van der Waals surface area (Å²) < 4.78 is 4.71. The van der Waals surface area contributed by atoms with Crippen molar-refractivity contribution in [3.8, 4) is 0 Å². The Labute approximate surface area is 81.9 Å². The molecule has 0 saturated carbocycles. The number of ether oxygens (including phenoxy) is 1. The van der Waals surface area contributed by atoms with Gasteiger partial charge in [0.05, 0.1) is 0 Å². The van der Waals surface area contributed by atoms with E-state index in [0.29, 0.717) is 0 Å². The molecule has 0 aromatic heterocycles. The molecule has 4 nitrogen and oxygen atoms in total. The second-order valence-electron chi connectivity index (χ2n) is 2.67. The number of benzene rings is 1. The van der Waals surface area contributed by atoms with Crippen LogP contribution in [0, 0.1) is 0 Å². The van der Waals surface area contributed by atoms with Crippen LogP contribution in [0.5, 0.6) is 0 Å². The van der Waals surface area contributed by atoms with Crippen LogP contribution in [0.1, 0.15) is 12.5 Å². The van der Waals surface area contributed by atoms with Gasteiger partial charge >= 0.3 is 6.09 Å². The van der Waals surface area contributed by atoms with E-state index in [4.69, 9.17) is 4.74 Å². The van der Waals surface area contributed by atoms with Crippen molar-refractivity contribution in [1.82, 2.24) is 5.32 Å². The van der Waals surface area contributed by atoms with Crippen LogP contribution in [0.4, 0.5) is 4.79 Å². The molecule has 0 heterocycles. The monoisotopic (exact) mass is 192 g/mol. The molecule has 4 heteroatoms. The number of imide groups is 1.